The first kappa shape index (κ1) is 29.8. The van der Waals surface area contributed by atoms with Crippen LogP contribution < -0.4 is 0 Å². The molecule has 3 rings (SSSR count). The maximum atomic E-state index is 15.0. The Morgan fingerprint density at radius 1 is 0.694 bits per heavy atom. The van der Waals surface area contributed by atoms with E-state index in [1.165, 1.54) is 7.11 Å². The van der Waals surface area contributed by atoms with Crippen LogP contribution in [0, 0.1) is 0 Å². The van der Waals surface area contributed by atoms with Gasteiger partial charge in [-0.15, -0.1) is 0 Å². The Balaban J connectivity index is 1.75. The minimum absolute atomic E-state index is 0.643. The SMILES string of the molecule is CO[C@H]1[C@H](O)[C@@H](O)[C@@H](O[C@H]2[C@H](O)[C@@H](O)[C@H](O[C@H]3[C@H](O)[C@@H](O)[C@H](O)O[C@]3(F)CO)O[C@@H]2CO)O[C@@H]1CO. The Kier molecular flexibility index (Phi) is 9.94. The van der Waals surface area contributed by atoms with Crippen LogP contribution in [0.25, 0.3) is 0 Å². The van der Waals surface area contributed by atoms with Crippen molar-refractivity contribution >= 4 is 0 Å². The Morgan fingerprint density at radius 2 is 1.19 bits per heavy atom. The maximum absolute atomic E-state index is 15.0. The number of hydrogen-bond donors (Lipinski definition) is 10. The van der Waals surface area contributed by atoms with Gasteiger partial charge in [-0.2, -0.15) is 0 Å². The first-order valence-electron chi connectivity index (χ1n) is 11.0. The van der Waals surface area contributed by atoms with E-state index in [-0.39, 0.29) is 0 Å². The molecule has 3 saturated heterocycles. The molecule has 3 aliphatic rings. The van der Waals surface area contributed by atoms with Gasteiger partial charge in [-0.1, -0.05) is 0 Å². The average Bonchev–Trinajstić information content (AvgIpc) is 2.86. The van der Waals surface area contributed by atoms with Gasteiger partial charge in [0, 0.05) is 7.11 Å². The molecule has 0 aliphatic carbocycles. The number of methoxy groups -OCH3 is 1. The molecule has 3 aliphatic heterocycles. The number of halogens is 1. The summed E-state index contributed by atoms with van der Waals surface area (Å²) in [6.07, 6.45) is -25.2. The Bertz CT molecular complexity index is 702. The first-order valence-corrected chi connectivity index (χ1v) is 11.0. The third-order valence-electron chi connectivity index (χ3n) is 6.39. The van der Waals surface area contributed by atoms with Gasteiger partial charge < -0.3 is 79.5 Å². The summed E-state index contributed by atoms with van der Waals surface area (Å²) in [4.78, 5) is 0. The highest BCUT2D eigenvalue weighted by Crippen LogP contribution is 2.36. The fraction of sp³-hybridized carbons (Fsp3) is 1.00. The second-order valence-corrected chi connectivity index (χ2v) is 8.70. The van der Waals surface area contributed by atoms with Gasteiger partial charge in [0.2, 0.25) is 0 Å². The Morgan fingerprint density at radius 3 is 1.69 bits per heavy atom. The second kappa shape index (κ2) is 12.0. The van der Waals surface area contributed by atoms with Crippen LogP contribution in [0.2, 0.25) is 0 Å². The molecule has 3 fully saturated rings. The third kappa shape index (κ3) is 5.52. The van der Waals surface area contributed by atoms with E-state index in [1.54, 1.807) is 0 Å². The van der Waals surface area contributed by atoms with Gasteiger partial charge in [0.15, 0.2) is 25.0 Å². The highest BCUT2D eigenvalue weighted by molar-refractivity contribution is 4.98. The van der Waals surface area contributed by atoms with Crippen LogP contribution in [0.4, 0.5) is 4.39 Å². The lowest BCUT2D eigenvalue weighted by Gasteiger charge is -2.49. The van der Waals surface area contributed by atoms with Crippen molar-refractivity contribution in [1.82, 2.24) is 0 Å². The van der Waals surface area contributed by atoms with Gasteiger partial charge in [-0.05, 0) is 0 Å². The number of alkyl halides is 1. The van der Waals surface area contributed by atoms with Gasteiger partial charge >= 0.3 is 0 Å². The van der Waals surface area contributed by atoms with Crippen molar-refractivity contribution in [2.75, 3.05) is 26.9 Å². The second-order valence-electron chi connectivity index (χ2n) is 8.70. The molecule has 212 valence electrons. The van der Waals surface area contributed by atoms with Crippen LogP contribution in [-0.2, 0) is 28.4 Å². The van der Waals surface area contributed by atoms with Crippen molar-refractivity contribution < 1.29 is 83.9 Å². The van der Waals surface area contributed by atoms with Gasteiger partial charge in [0.05, 0.1) is 13.2 Å². The van der Waals surface area contributed by atoms with Gasteiger partial charge in [0.1, 0.15) is 67.6 Å². The lowest BCUT2D eigenvalue weighted by Crippen LogP contribution is -2.68. The van der Waals surface area contributed by atoms with E-state index < -0.39 is 112 Å². The van der Waals surface area contributed by atoms with E-state index in [0.29, 0.717) is 0 Å². The molecule has 3 heterocycles. The average molecular weight is 536 g/mol. The number of aliphatic hydroxyl groups is 10. The Hall–Kier alpha value is -0.710. The molecule has 16 nitrogen and oxygen atoms in total. The molecule has 10 N–H and O–H groups in total. The largest absolute Gasteiger partial charge is 0.394 e. The number of rotatable bonds is 8. The van der Waals surface area contributed by atoms with E-state index in [1.807, 2.05) is 0 Å². The van der Waals surface area contributed by atoms with Gasteiger partial charge in [-0.25, -0.2) is 4.39 Å². The van der Waals surface area contributed by atoms with Crippen LogP contribution in [0.1, 0.15) is 0 Å². The highest BCUT2D eigenvalue weighted by atomic mass is 19.2. The molecule has 0 radical (unpaired) electrons. The zero-order chi connectivity index (χ0) is 26.9. The van der Waals surface area contributed by atoms with Crippen LogP contribution in [0.5, 0.6) is 0 Å². The number of aliphatic hydroxyl groups excluding tert-OH is 10. The first-order chi connectivity index (χ1) is 16.9. The van der Waals surface area contributed by atoms with Crippen LogP contribution >= 0.6 is 0 Å². The number of ether oxygens (including phenoxy) is 6. The summed E-state index contributed by atoms with van der Waals surface area (Å²) in [5, 5.41) is 99.8. The molecule has 0 aromatic rings. The lowest BCUT2D eigenvalue weighted by molar-refractivity contribution is -0.409. The molecular weight excluding hydrogens is 503 g/mol. The van der Waals surface area contributed by atoms with Crippen LogP contribution in [0.3, 0.4) is 0 Å². The van der Waals surface area contributed by atoms with Gasteiger partial charge in [0.25, 0.3) is 5.85 Å². The van der Waals surface area contributed by atoms with E-state index in [9.17, 15) is 55.5 Å². The summed E-state index contributed by atoms with van der Waals surface area (Å²) in [7, 11) is 1.21. The Labute approximate surface area is 203 Å². The number of hydrogen-bond acceptors (Lipinski definition) is 16. The van der Waals surface area contributed by atoms with Gasteiger partial charge in [-0.3, -0.25) is 0 Å². The van der Waals surface area contributed by atoms with Crippen molar-refractivity contribution in [3.8, 4) is 0 Å². The summed E-state index contributed by atoms with van der Waals surface area (Å²) in [6, 6.07) is 0. The van der Waals surface area contributed by atoms with E-state index >= 15 is 0 Å². The monoisotopic (exact) mass is 536 g/mol. The molecule has 0 unspecified atom stereocenters. The molecule has 0 spiro atoms. The molecule has 0 aromatic heterocycles. The summed E-state index contributed by atoms with van der Waals surface area (Å²) in [6.45, 7) is -2.99. The summed E-state index contributed by atoms with van der Waals surface area (Å²) < 4.78 is 45.8. The molecule has 0 aromatic carbocycles. The third-order valence-corrected chi connectivity index (χ3v) is 6.39. The minimum atomic E-state index is -3.26. The standard InChI is InChI=1S/C19H33FO16/c1-31-13-5(2-21)32-17(11(28)7(13)24)34-14-6(3-22)33-18(12(29)8(14)25)35-15-9(26)10(27)16(30)36-19(15,20)4-23/h5-18,21-30H,2-4H2,1H3/t5-,6-,7-,8-,9-,10-,11-,12-,13-,14-,15+,16-,17-,18+,19-/m1/s1. The zero-order valence-corrected chi connectivity index (χ0v) is 19.0. The molecular formula is C19H33FO16. The molecule has 0 bridgehead atoms. The predicted molar refractivity (Wildman–Crippen MR) is 106 cm³/mol. The van der Waals surface area contributed by atoms with Crippen molar-refractivity contribution in [3.05, 3.63) is 0 Å². The summed E-state index contributed by atoms with van der Waals surface area (Å²) >= 11 is 0. The maximum Gasteiger partial charge on any atom is 0.263 e. The fourth-order valence-electron chi connectivity index (χ4n) is 4.34. The fourth-order valence-corrected chi connectivity index (χ4v) is 4.34. The summed E-state index contributed by atoms with van der Waals surface area (Å²) in [5.41, 5.74) is 0. The van der Waals surface area contributed by atoms with Crippen molar-refractivity contribution in [2.24, 2.45) is 0 Å². The smallest absolute Gasteiger partial charge is 0.263 e. The van der Waals surface area contributed by atoms with E-state index in [2.05, 4.69) is 4.74 Å². The lowest BCUT2D eigenvalue weighted by atomic mass is 9.95. The van der Waals surface area contributed by atoms with Crippen molar-refractivity contribution in [2.45, 2.75) is 91.9 Å². The van der Waals surface area contributed by atoms with E-state index in [4.69, 9.17) is 23.7 Å². The summed E-state index contributed by atoms with van der Waals surface area (Å²) in [5.74, 6) is -3.26. The highest BCUT2D eigenvalue weighted by Gasteiger charge is 2.58. The molecule has 15 atom stereocenters. The zero-order valence-electron chi connectivity index (χ0n) is 19.0. The van der Waals surface area contributed by atoms with Crippen molar-refractivity contribution in [1.29, 1.82) is 0 Å². The van der Waals surface area contributed by atoms with Crippen LogP contribution in [-0.4, -0.2) is 170 Å². The minimum Gasteiger partial charge on any atom is -0.394 e. The van der Waals surface area contributed by atoms with Crippen LogP contribution in [0.15, 0.2) is 0 Å². The van der Waals surface area contributed by atoms with Crippen molar-refractivity contribution in [3.63, 3.8) is 0 Å². The topological polar surface area (TPSA) is 258 Å². The molecule has 36 heavy (non-hydrogen) atoms. The molecule has 0 amide bonds. The van der Waals surface area contributed by atoms with E-state index in [0.717, 1.165) is 0 Å². The quantitative estimate of drug-likeness (QED) is 0.138. The normalized spacial score (nSPS) is 52.3. The molecule has 0 saturated carbocycles. The molecule has 17 heteroatoms. The predicted octanol–water partition coefficient (Wildman–Crippen LogP) is -6.62.